The molecule has 4 nitrogen and oxygen atoms in total. The van der Waals surface area contributed by atoms with Crippen LogP contribution in [0.15, 0.2) is 152 Å². The van der Waals surface area contributed by atoms with Crippen LogP contribution in [-0.4, -0.2) is 14.7 Å². The zero-order valence-electron chi connectivity index (χ0n) is 47.5. The van der Waals surface area contributed by atoms with Crippen molar-refractivity contribution < 1.29 is 30.7 Å². The van der Waals surface area contributed by atoms with Crippen LogP contribution in [0.3, 0.4) is 0 Å². The van der Waals surface area contributed by atoms with Crippen LogP contribution in [0.1, 0.15) is 137 Å². The Morgan fingerprint density at radius 3 is 1.64 bits per heavy atom. The zero-order chi connectivity index (χ0) is 53.4. The summed E-state index contributed by atoms with van der Waals surface area (Å²) >= 11 is 0. The van der Waals surface area contributed by atoms with Crippen molar-refractivity contribution in [2.24, 2.45) is 7.05 Å². The van der Waals surface area contributed by atoms with E-state index in [1.807, 2.05) is 0 Å². The van der Waals surface area contributed by atoms with E-state index in [1.54, 1.807) is 0 Å². The minimum absolute atomic E-state index is 0. The number of phenolic OH excluding ortho intramolecular Hbond substituents is 1. The van der Waals surface area contributed by atoms with Gasteiger partial charge in [-0.1, -0.05) is 212 Å². The van der Waals surface area contributed by atoms with E-state index in [-0.39, 0.29) is 53.9 Å². The van der Waals surface area contributed by atoms with Gasteiger partial charge < -0.3 is 5.11 Å². The first kappa shape index (κ1) is 54.9. The molecule has 388 valence electrons. The molecule has 1 N–H and O–H groups in total. The first-order chi connectivity index (χ1) is 34.6. The number of imidazole rings is 1. The molecular weight excluding hydrogens is 1090 g/mol. The SMILES string of the molecule is Cc1cc(C(C)(C)C)ccc1-c1ccc(-c2cc[n+](C)c(-c3[c-]c(-c4cccc5c4nc(-c4cc(C(C)(C)C)cc(C(C)(C)C)c4O)n5-c4ccc(C(C)(C)C)cc4-c4ccccc4)cc(C(C)(C)C)c3)c2)cc1.[Pt]. The summed E-state index contributed by atoms with van der Waals surface area (Å²) in [6, 6.07) is 57.4. The van der Waals surface area contributed by atoms with E-state index in [0.717, 1.165) is 72.5 Å². The van der Waals surface area contributed by atoms with Crippen molar-refractivity contribution in [2.75, 3.05) is 0 Å². The molecule has 0 bridgehead atoms. The van der Waals surface area contributed by atoms with Crippen LogP contribution in [0.2, 0.25) is 0 Å². The molecule has 0 atom stereocenters. The Hall–Kier alpha value is -6.35. The van der Waals surface area contributed by atoms with Crippen LogP contribution in [0, 0.1) is 13.0 Å². The molecule has 75 heavy (non-hydrogen) atoms. The number of nitrogens with zero attached hydrogens (tertiary/aromatic N) is 3. The number of aryl methyl sites for hydroxylation is 2. The third-order valence-electron chi connectivity index (χ3n) is 15.0. The molecule has 0 saturated heterocycles. The number of fused-ring (bicyclic) bond motifs is 1. The quantitative estimate of drug-likeness (QED) is 0.128. The van der Waals surface area contributed by atoms with Crippen LogP contribution >= 0.6 is 0 Å². The summed E-state index contributed by atoms with van der Waals surface area (Å²) in [4.78, 5) is 5.74. The molecule has 9 aromatic rings. The minimum Gasteiger partial charge on any atom is -0.507 e. The van der Waals surface area contributed by atoms with Crippen molar-refractivity contribution in [1.29, 1.82) is 0 Å². The number of benzene rings is 7. The van der Waals surface area contributed by atoms with Gasteiger partial charge in [0.1, 0.15) is 24.3 Å². The van der Waals surface area contributed by atoms with E-state index >= 15 is 0 Å². The zero-order valence-corrected chi connectivity index (χ0v) is 49.8. The number of hydrogen-bond acceptors (Lipinski definition) is 2. The van der Waals surface area contributed by atoms with Crippen molar-refractivity contribution in [3.8, 4) is 78.6 Å². The maximum Gasteiger partial charge on any atom is 0.162 e. The van der Waals surface area contributed by atoms with Gasteiger partial charge in [-0.15, -0.1) is 29.3 Å². The summed E-state index contributed by atoms with van der Waals surface area (Å²) < 4.78 is 4.50. The molecule has 0 amide bonds. The van der Waals surface area contributed by atoms with E-state index in [9.17, 15) is 5.11 Å². The molecule has 7 aromatic carbocycles. The summed E-state index contributed by atoms with van der Waals surface area (Å²) in [7, 11) is 2.12. The Kier molecular flexibility index (Phi) is 14.6. The predicted octanol–water partition coefficient (Wildman–Crippen LogP) is 18.2. The monoisotopic (exact) mass is 1170 g/mol. The number of pyridine rings is 1. The van der Waals surface area contributed by atoms with E-state index in [4.69, 9.17) is 4.98 Å². The molecule has 0 aliphatic carbocycles. The molecular formula is C70H77N3OPt. The van der Waals surface area contributed by atoms with Gasteiger partial charge in [0.15, 0.2) is 6.20 Å². The molecule has 0 saturated carbocycles. The van der Waals surface area contributed by atoms with Crippen molar-refractivity contribution >= 4 is 11.0 Å². The Morgan fingerprint density at radius 1 is 0.467 bits per heavy atom. The molecule has 2 heterocycles. The molecule has 0 aliphatic heterocycles. The maximum absolute atomic E-state index is 12.7. The summed E-state index contributed by atoms with van der Waals surface area (Å²) in [6.45, 7) is 35.9. The van der Waals surface area contributed by atoms with Crippen LogP contribution in [0.4, 0.5) is 0 Å². The van der Waals surface area contributed by atoms with Gasteiger partial charge in [0, 0.05) is 38.3 Å². The van der Waals surface area contributed by atoms with Gasteiger partial charge in [0.2, 0.25) is 0 Å². The third-order valence-corrected chi connectivity index (χ3v) is 15.0. The number of hydrogen-bond donors (Lipinski definition) is 1. The van der Waals surface area contributed by atoms with E-state index in [2.05, 4.69) is 285 Å². The normalized spacial score (nSPS) is 12.5. The number of para-hydroxylation sites is 1. The molecule has 9 rings (SSSR count). The van der Waals surface area contributed by atoms with Gasteiger partial charge in [-0.25, -0.2) is 9.55 Å². The first-order valence-electron chi connectivity index (χ1n) is 26.5. The van der Waals surface area contributed by atoms with E-state index in [1.165, 1.54) is 33.4 Å². The second-order valence-corrected chi connectivity index (χ2v) is 25.9. The van der Waals surface area contributed by atoms with Gasteiger partial charge in [-0.05, 0) is 114 Å². The largest absolute Gasteiger partial charge is 0.507 e. The van der Waals surface area contributed by atoms with Crippen molar-refractivity contribution in [3.63, 3.8) is 0 Å². The summed E-state index contributed by atoms with van der Waals surface area (Å²) in [5.74, 6) is 0.947. The van der Waals surface area contributed by atoms with Crippen LogP contribution in [0.25, 0.3) is 83.9 Å². The molecule has 0 spiro atoms. The molecule has 0 aliphatic rings. The Morgan fingerprint density at radius 2 is 1.03 bits per heavy atom. The third kappa shape index (κ3) is 11.0. The summed E-state index contributed by atoms with van der Waals surface area (Å²) in [6.07, 6.45) is 2.17. The van der Waals surface area contributed by atoms with Gasteiger partial charge in [-0.2, -0.15) is 0 Å². The van der Waals surface area contributed by atoms with Crippen LogP contribution in [0.5, 0.6) is 5.75 Å². The van der Waals surface area contributed by atoms with Gasteiger partial charge in [0.05, 0.1) is 22.3 Å². The molecule has 5 heteroatoms. The average molecular weight is 1170 g/mol. The summed E-state index contributed by atoms with van der Waals surface area (Å²) in [5, 5.41) is 12.7. The maximum atomic E-state index is 12.7. The van der Waals surface area contributed by atoms with Gasteiger partial charge >= 0.3 is 0 Å². The standard InChI is InChI=1S/C70H77N3O.Pt/c1-44-36-51(66(2,3)4)30-32-55(44)47-28-26-45(27-29-47)48-34-35-72(17)62(40-48)50-37-49(38-53(39-50)68(8,9)10)56-24-21-25-61-63(56)71-65(58-42-54(69(11,12)13)43-59(64(58)74)70(14,15)16)73(61)60-33-31-52(67(5,6)7)41-57(60)46-22-19-18-20-23-46;/h18-36,38-43,74H,1-17H3;. The second kappa shape index (κ2) is 20.0. The Balaban J connectivity index is 0.00000747. The second-order valence-electron chi connectivity index (χ2n) is 25.9. The smallest absolute Gasteiger partial charge is 0.162 e. The van der Waals surface area contributed by atoms with Crippen molar-refractivity contribution in [2.45, 2.75) is 138 Å². The van der Waals surface area contributed by atoms with Gasteiger partial charge in [-0.3, -0.25) is 4.57 Å². The number of rotatable bonds is 7. The average Bonchev–Trinajstić information content (AvgIpc) is 3.72. The molecule has 0 radical (unpaired) electrons. The summed E-state index contributed by atoms with van der Waals surface area (Å²) in [5.41, 5.74) is 21.0. The van der Waals surface area contributed by atoms with Crippen LogP contribution in [-0.2, 0) is 55.2 Å². The van der Waals surface area contributed by atoms with Crippen LogP contribution < -0.4 is 4.57 Å². The van der Waals surface area contributed by atoms with Crippen molar-refractivity contribution in [3.05, 3.63) is 191 Å². The van der Waals surface area contributed by atoms with Gasteiger partial charge in [0.25, 0.3) is 0 Å². The number of phenols is 1. The fourth-order valence-corrected chi connectivity index (χ4v) is 10.2. The van der Waals surface area contributed by atoms with Crippen molar-refractivity contribution in [1.82, 2.24) is 9.55 Å². The minimum atomic E-state index is -0.334. The first-order valence-corrected chi connectivity index (χ1v) is 26.5. The Labute approximate surface area is 463 Å². The van der Waals surface area contributed by atoms with E-state index in [0.29, 0.717) is 11.4 Å². The molecule has 0 unspecified atom stereocenters. The fourth-order valence-electron chi connectivity index (χ4n) is 10.2. The number of aromatic hydroxyl groups is 1. The Bertz CT molecular complexity index is 3580. The fraction of sp³-hybridized carbons (Fsp3) is 0.314. The van der Waals surface area contributed by atoms with E-state index < -0.39 is 0 Å². The topological polar surface area (TPSA) is 41.9 Å². The molecule has 2 aromatic heterocycles. The predicted molar refractivity (Wildman–Crippen MR) is 314 cm³/mol. The number of aromatic nitrogens is 3. The molecule has 0 fully saturated rings.